The van der Waals surface area contributed by atoms with E-state index in [-0.39, 0.29) is 30.9 Å². The molecule has 1 heterocycles. The summed E-state index contributed by atoms with van der Waals surface area (Å²) in [6.07, 6.45) is -0.175. The van der Waals surface area contributed by atoms with E-state index in [0.717, 1.165) is 12.0 Å². The summed E-state index contributed by atoms with van der Waals surface area (Å²) in [6, 6.07) is 5.40. The van der Waals surface area contributed by atoms with Crippen LogP contribution in [0.1, 0.15) is 17.9 Å². The predicted molar refractivity (Wildman–Crippen MR) is 81.3 cm³/mol. The second kappa shape index (κ2) is 6.07. The third kappa shape index (κ3) is 3.07. The molecule has 1 aromatic rings. The minimum atomic E-state index is -1.03. The van der Waals surface area contributed by atoms with E-state index in [0.29, 0.717) is 16.6 Å². The van der Waals surface area contributed by atoms with Gasteiger partial charge in [0.2, 0.25) is 5.91 Å². The number of carboxylic acids is 1. The number of ether oxygens (including phenoxy) is 1. The molecular formula is C15H15Cl2NO4. The Morgan fingerprint density at radius 3 is 2.73 bits per heavy atom. The number of rotatable bonds is 3. The van der Waals surface area contributed by atoms with Crippen LogP contribution in [0.4, 0.5) is 0 Å². The average Bonchev–Trinajstić information content (AvgIpc) is 3.30. The lowest BCUT2D eigenvalue weighted by molar-refractivity contribution is -0.159. The van der Waals surface area contributed by atoms with Gasteiger partial charge in [-0.15, -0.1) is 0 Å². The van der Waals surface area contributed by atoms with Gasteiger partial charge < -0.3 is 14.7 Å². The van der Waals surface area contributed by atoms with Gasteiger partial charge >= 0.3 is 5.97 Å². The zero-order valence-corrected chi connectivity index (χ0v) is 13.2. The fourth-order valence-electron chi connectivity index (χ4n) is 2.81. The van der Waals surface area contributed by atoms with Crippen molar-refractivity contribution >= 4 is 35.1 Å². The molecule has 0 aromatic heterocycles. The summed E-state index contributed by atoms with van der Waals surface area (Å²) in [7, 11) is 0. The molecule has 3 rings (SSSR count). The predicted octanol–water partition coefficient (Wildman–Crippen LogP) is 2.41. The minimum absolute atomic E-state index is 0.00868. The van der Waals surface area contributed by atoms with Crippen LogP contribution < -0.4 is 0 Å². The van der Waals surface area contributed by atoms with E-state index in [9.17, 15) is 9.59 Å². The number of carboxylic acid groups (broad SMARTS) is 1. The normalized spacial score (nSPS) is 27.5. The van der Waals surface area contributed by atoms with E-state index in [1.807, 2.05) is 6.07 Å². The van der Waals surface area contributed by atoms with Crippen LogP contribution in [0.15, 0.2) is 18.2 Å². The summed E-state index contributed by atoms with van der Waals surface area (Å²) in [6.45, 7) is 0.804. The molecule has 2 aliphatic rings. The molecule has 0 bridgehead atoms. The molecule has 0 unspecified atom stereocenters. The quantitative estimate of drug-likeness (QED) is 0.915. The van der Waals surface area contributed by atoms with Crippen molar-refractivity contribution in [2.24, 2.45) is 5.92 Å². The van der Waals surface area contributed by atoms with Crippen molar-refractivity contribution in [1.29, 1.82) is 0 Å². The van der Waals surface area contributed by atoms with Crippen LogP contribution in [0, 0.1) is 5.92 Å². The van der Waals surface area contributed by atoms with Gasteiger partial charge in [-0.1, -0.05) is 29.3 Å². The number of carbonyl (C=O) groups excluding carboxylic acids is 1. The maximum atomic E-state index is 12.5. The molecule has 1 aliphatic carbocycles. The highest BCUT2D eigenvalue weighted by Crippen LogP contribution is 2.49. The summed E-state index contributed by atoms with van der Waals surface area (Å²) in [4.78, 5) is 25.0. The van der Waals surface area contributed by atoms with Crippen molar-refractivity contribution in [3.63, 3.8) is 0 Å². The molecule has 1 N–H and O–H groups in total. The lowest BCUT2D eigenvalue weighted by Crippen LogP contribution is -2.49. The fourth-order valence-corrected chi connectivity index (χ4v) is 3.12. The van der Waals surface area contributed by atoms with Crippen LogP contribution in [0.3, 0.4) is 0 Å². The SMILES string of the molecule is O=C(O)[C@@H]1CN(C(=O)[C@H]2C[C@H]2c2ccc(Cl)c(Cl)c2)CCO1. The zero-order valence-electron chi connectivity index (χ0n) is 11.7. The first-order chi connectivity index (χ1) is 10.5. The first kappa shape index (κ1) is 15.6. The Kier molecular flexibility index (Phi) is 4.30. The molecule has 118 valence electrons. The highest BCUT2D eigenvalue weighted by molar-refractivity contribution is 6.42. The Morgan fingerprint density at radius 2 is 2.05 bits per heavy atom. The number of nitrogens with zero attached hydrogens (tertiary/aromatic N) is 1. The molecule has 1 saturated heterocycles. The van der Waals surface area contributed by atoms with Gasteiger partial charge in [-0.05, 0) is 30.0 Å². The van der Waals surface area contributed by atoms with Gasteiger partial charge in [-0.3, -0.25) is 4.79 Å². The number of carbonyl (C=O) groups is 2. The highest BCUT2D eigenvalue weighted by atomic mass is 35.5. The maximum Gasteiger partial charge on any atom is 0.334 e. The zero-order chi connectivity index (χ0) is 15.9. The van der Waals surface area contributed by atoms with Crippen LogP contribution in [-0.4, -0.2) is 47.7 Å². The molecule has 2 fully saturated rings. The van der Waals surface area contributed by atoms with E-state index < -0.39 is 12.1 Å². The van der Waals surface area contributed by atoms with Crippen molar-refractivity contribution in [2.75, 3.05) is 19.7 Å². The van der Waals surface area contributed by atoms with Gasteiger partial charge in [0.05, 0.1) is 23.2 Å². The first-order valence-corrected chi connectivity index (χ1v) is 7.81. The summed E-state index contributed by atoms with van der Waals surface area (Å²) < 4.78 is 5.13. The van der Waals surface area contributed by atoms with Gasteiger partial charge in [0, 0.05) is 12.5 Å². The molecule has 1 aromatic carbocycles. The minimum Gasteiger partial charge on any atom is -0.479 e. The Balaban J connectivity index is 1.65. The number of halogens is 2. The smallest absolute Gasteiger partial charge is 0.334 e. The Hall–Kier alpha value is -1.30. The van der Waals surface area contributed by atoms with E-state index in [4.69, 9.17) is 33.0 Å². The molecule has 1 amide bonds. The van der Waals surface area contributed by atoms with Crippen molar-refractivity contribution in [3.8, 4) is 0 Å². The molecule has 3 atom stereocenters. The van der Waals surface area contributed by atoms with Crippen molar-refractivity contribution in [2.45, 2.75) is 18.4 Å². The third-order valence-electron chi connectivity index (χ3n) is 4.13. The van der Waals surface area contributed by atoms with Gasteiger partial charge in [-0.25, -0.2) is 4.79 Å². The van der Waals surface area contributed by atoms with E-state index in [2.05, 4.69) is 0 Å². The average molecular weight is 344 g/mol. The van der Waals surface area contributed by atoms with Crippen molar-refractivity contribution in [1.82, 2.24) is 4.90 Å². The third-order valence-corrected chi connectivity index (χ3v) is 4.87. The second-order valence-corrected chi connectivity index (χ2v) is 6.42. The molecular weight excluding hydrogens is 329 g/mol. The molecule has 1 saturated carbocycles. The van der Waals surface area contributed by atoms with Crippen LogP contribution in [0.25, 0.3) is 0 Å². The molecule has 0 spiro atoms. The first-order valence-electron chi connectivity index (χ1n) is 7.05. The second-order valence-electron chi connectivity index (χ2n) is 5.60. The maximum absolute atomic E-state index is 12.5. The molecule has 0 radical (unpaired) electrons. The number of benzene rings is 1. The summed E-state index contributed by atoms with van der Waals surface area (Å²) in [5, 5.41) is 9.96. The van der Waals surface area contributed by atoms with Crippen LogP contribution >= 0.6 is 23.2 Å². The van der Waals surface area contributed by atoms with Crippen molar-refractivity contribution in [3.05, 3.63) is 33.8 Å². The van der Waals surface area contributed by atoms with Crippen LogP contribution in [0.5, 0.6) is 0 Å². The summed E-state index contributed by atoms with van der Waals surface area (Å²) in [5.41, 5.74) is 0.996. The number of hydrogen-bond acceptors (Lipinski definition) is 3. The van der Waals surface area contributed by atoms with Gasteiger partial charge in [0.1, 0.15) is 0 Å². The van der Waals surface area contributed by atoms with E-state index >= 15 is 0 Å². The fraction of sp³-hybridized carbons (Fsp3) is 0.467. The van der Waals surface area contributed by atoms with Gasteiger partial charge in [-0.2, -0.15) is 0 Å². The highest BCUT2D eigenvalue weighted by Gasteiger charge is 2.46. The Morgan fingerprint density at radius 1 is 1.27 bits per heavy atom. The molecule has 7 heteroatoms. The number of hydrogen-bond donors (Lipinski definition) is 1. The lowest BCUT2D eigenvalue weighted by atomic mass is 10.1. The summed E-state index contributed by atoms with van der Waals surface area (Å²) >= 11 is 11.9. The van der Waals surface area contributed by atoms with E-state index in [1.54, 1.807) is 17.0 Å². The largest absolute Gasteiger partial charge is 0.479 e. The van der Waals surface area contributed by atoms with Gasteiger partial charge in [0.25, 0.3) is 0 Å². The number of morpholine rings is 1. The number of aliphatic carboxylic acids is 1. The Labute approximate surface area is 137 Å². The monoisotopic (exact) mass is 343 g/mol. The molecule has 1 aliphatic heterocycles. The molecule has 22 heavy (non-hydrogen) atoms. The molecule has 5 nitrogen and oxygen atoms in total. The summed E-state index contributed by atoms with van der Waals surface area (Å²) in [5.74, 6) is -1.02. The topological polar surface area (TPSA) is 66.8 Å². The lowest BCUT2D eigenvalue weighted by Gasteiger charge is -2.31. The van der Waals surface area contributed by atoms with Crippen LogP contribution in [0.2, 0.25) is 10.0 Å². The Bertz CT molecular complexity index is 622. The van der Waals surface area contributed by atoms with Crippen molar-refractivity contribution < 1.29 is 19.4 Å². The van der Waals surface area contributed by atoms with Crippen LogP contribution in [-0.2, 0) is 14.3 Å². The number of amides is 1. The van der Waals surface area contributed by atoms with Gasteiger partial charge in [0.15, 0.2) is 6.10 Å². The standard InChI is InChI=1S/C15H15Cl2NO4/c16-11-2-1-8(5-12(11)17)9-6-10(9)14(19)18-3-4-22-13(7-18)15(20)21/h1-2,5,9-10,13H,3-4,6-7H2,(H,20,21)/t9-,10-,13-/m0/s1. The van der Waals surface area contributed by atoms with E-state index in [1.165, 1.54) is 0 Å².